The van der Waals surface area contributed by atoms with E-state index in [1.165, 1.54) is 6.07 Å². The third-order valence-electron chi connectivity index (χ3n) is 14.9. The van der Waals surface area contributed by atoms with Gasteiger partial charge in [0.05, 0.1) is 23.9 Å². The predicted molar refractivity (Wildman–Crippen MR) is 258 cm³/mol. The quantitative estimate of drug-likeness (QED) is 0.102. The fourth-order valence-corrected chi connectivity index (χ4v) is 12.0. The van der Waals surface area contributed by atoms with Gasteiger partial charge in [-0.15, -0.1) is 0 Å². The van der Waals surface area contributed by atoms with Crippen molar-refractivity contribution in [2.24, 2.45) is 17.3 Å². The van der Waals surface area contributed by atoms with Crippen molar-refractivity contribution < 1.29 is 28.3 Å². The molecule has 1 unspecified atom stereocenters. The predicted octanol–water partition coefficient (Wildman–Crippen LogP) is 8.79. The summed E-state index contributed by atoms with van der Waals surface area (Å²) in [7, 11) is 1.59. The van der Waals surface area contributed by atoms with E-state index in [4.69, 9.17) is 27.9 Å². The van der Waals surface area contributed by atoms with Gasteiger partial charge >= 0.3 is 0 Å². The van der Waals surface area contributed by atoms with Crippen molar-refractivity contribution in [2.45, 2.75) is 101 Å². The normalized spacial score (nSPS) is 26.7. The Morgan fingerprint density at radius 2 is 1.75 bits per heavy atom. The molecule has 0 radical (unpaired) electrons. The van der Waals surface area contributed by atoms with Gasteiger partial charge in [0.15, 0.2) is 0 Å². The number of ether oxygens (including phenoxy) is 1. The molecule has 1 spiro atoms. The van der Waals surface area contributed by atoms with Crippen molar-refractivity contribution in [3.8, 4) is 17.6 Å². The van der Waals surface area contributed by atoms with Crippen LogP contribution in [-0.2, 0) is 26.3 Å². The molecule has 67 heavy (non-hydrogen) atoms. The number of amides is 4. The zero-order chi connectivity index (χ0) is 46.9. The molecule has 4 aromatic carbocycles. The third-order valence-corrected chi connectivity index (χ3v) is 15.5. The Kier molecular flexibility index (Phi) is 11.8. The second kappa shape index (κ2) is 17.5. The summed E-state index contributed by atoms with van der Waals surface area (Å²) < 4.78 is 22.2. The number of anilines is 3. The fraction of sp³-hybridized carbons (Fsp3) is 0.434. The van der Waals surface area contributed by atoms with E-state index in [0.717, 1.165) is 60.4 Å². The fourth-order valence-electron chi connectivity index (χ4n) is 11.6. The number of hydrogen-bond donors (Lipinski definition) is 4. The lowest BCUT2D eigenvalue weighted by Crippen LogP contribution is -2.52. The van der Waals surface area contributed by atoms with Crippen LogP contribution in [0.25, 0.3) is 0 Å². The number of imide groups is 1. The smallest absolute Gasteiger partial charge is 0.255 e. The van der Waals surface area contributed by atoms with Crippen molar-refractivity contribution in [1.82, 2.24) is 15.5 Å². The van der Waals surface area contributed by atoms with E-state index < -0.39 is 35.1 Å². The molecule has 4 aromatic rings. The molecule has 1 saturated carbocycles. The first kappa shape index (κ1) is 45.2. The molecular weight excluding hydrogens is 891 g/mol. The van der Waals surface area contributed by atoms with Crippen molar-refractivity contribution in [3.05, 3.63) is 116 Å². The molecule has 0 bridgehead atoms. The maximum Gasteiger partial charge on any atom is 0.255 e. The first-order valence-corrected chi connectivity index (χ1v) is 24.1. The van der Waals surface area contributed by atoms with E-state index in [-0.39, 0.29) is 58.4 Å². The average Bonchev–Trinajstić information content (AvgIpc) is 3.73. The number of methoxy groups -OCH3 is 1. The third kappa shape index (κ3) is 8.31. The monoisotopic (exact) mass is 944 g/mol. The van der Waals surface area contributed by atoms with E-state index in [9.17, 15) is 19.2 Å². The van der Waals surface area contributed by atoms with Crippen LogP contribution in [0, 0.1) is 34.9 Å². The Morgan fingerprint density at radius 1 is 0.970 bits per heavy atom. The molecule has 11 nitrogen and oxygen atoms in total. The molecule has 3 saturated heterocycles. The molecule has 4 fully saturated rings. The van der Waals surface area contributed by atoms with Gasteiger partial charge in [-0.2, -0.15) is 0 Å². The molecule has 6 aliphatic rings. The van der Waals surface area contributed by atoms with E-state index in [2.05, 4.69) is 64.8 Å². The lowest BCUT2D eigenvalue weighted by Gasteiger charge is -2.39. The summed E-state index contributed by atoms with van der Waals surface area (Å²) in [5.74, 6) is 6.09. The minimum atomic E-state index is -0.827. The largest absolute Gasteiger partial charge is 0.494 e. The molecule has 4 amide bonds. The summed E-state index contributed by atoms with van der Waals surface area (Å²) in [6, 6.07) is 20.8. The number of halogens is 3. The first-order chi connectivity index (χ1) is 32.1. The lowest BCUT2D eigenvalue weighted by molar-refractivity contribution is -0.137. The van der Waals surface area contributed by atoms with Crippen LogP contribution in [0.4, 0.5) is 21.5 Å². The Morgan fingerprint density at radius 3 is 2.51 bits per heavy atom. The molecular formula is C53H55Cl2FN6O5. The molecule has 7 atom stereocenters. The van der Waals surface area contributed by atoms with Crippen LogP contribution >= 0.6 is 23.2 Å². The number of nitrogens with one attached hydrogen (secondary N) is 4. The Hall–Kier alpha value is -5.61. The maximum atomic E-state index is 16.3. The van der Waals surface area contributed by atoms with Gasteiger partial charge in [0.25, 0.3) is 5.91 Å². The maximum absolute atomic E-state index is 16.3. The van der Waals surface area contributed by atoms with E-state index in [1.54, 1.807) is 24.1 Å². The topological polar surface area (TPSA) is 132 Å². The van der Waals surface area contributed by atoms with Gasteiger partial charge in [0.1, 0.15) is 17.6 Å². The number of carbonyl (C=O) groups excluding carboxylic acids is 4. The molecule has 5 heterocycles. The molecule has 0 aromatic heterocycles. The van der Waals surface area contributed by atoms with Gasteiger partial charge in [-0.1, -0.05) is 86.1 Å². The van der Waals surface area contributed by atoms with Gasteiger partial charge in [0.2, 0.25) is 17.7 Å². The van der Waals surface area contributed by atoms with Crippen LogP contribution in [-0.4, -0.2) is 73.4 Å². The summed E-state index contributed by atoms with van der Waals surface area (Å²) >= 11 is 12.9. The number of rotatable bonds is 8. The highest BCUT2D eigenvalue weighted by Gasteiger charge is 2.61. The molecule has 348 valence electrons. The van der Waals surface area contributed by atoms with E-state index in [1.807, 2.05) is 48.5 Å². The van der Waals surface area contributed by atoms with Gasteiger partial charge < -0.3 is 30.5 Å². The van der Waals surface area contributed by atoms with Crippen LogP contribution < -0.4 is 30.9 Å². The molecule has 5 aliphatic heterocycles. The molecule has 1 aliphatic carbocycles. The van der Waals surface area contributed by atoms with Crippen LogP contribution in [0.1, 0.15) is 104 Å². The minimum absolute atomic E-state index is 0.00606. The number of benzene rings is 4. The second-order valence-corrected chi connectivity index (χ2v) is 21.2. The second-order valence-electron chi connectivity index (χ2n) is 20.3. The van der Waals surface area contributed by atoms with Gasteiger partial charge in [-0.05, 0) is 102 Å². The summed E-state index contributed by atoms with van der Waals surface area (Å²) in [6.07, 6.45) is 4.02. The van der Waals surface area contributed by atoms with Gasteiger partial charge in [0, 0.05) is 89.8 Å². The minimum Gasteiger partial charge on any atom is -0.494 e. The number of carbonyl (C=O) groups is 4. The SMILES string of the molecule is COc1cc(N2CCC(C#C[C@@H]3C[C@H]3c3cccc4c3CN(C3CCC(=O)NC3=O)C4=O)CC2)ccc1NC(=O)[C@@H]1N[C@@H](CC(C)(C)C)[C@@]2(CNc3cc(Cl)ccc32)[C@H]1c1cccc(Cl)c1F. The highest BCUT2D eigenvalue weighted by atomic mass is 35.5. The van der Waals surface area contributed by atoms with Crippen LogP contribution in [0.15, 0.2) is 72.8 Å². The molecule has 4 N–H and O–H groups in total. The van der Waals surface area contributed by atoms with Crippen molar-refractivity contribution in [1.29, 1.82) is 0 Å². The van der Waals surface area contributed by atoms with Crippen LogP contribution in [0.3, 0.4) is 0 Å². The Balaban J connectivity index is 0.817. The van der Waals surface area contributed by atoms with E-state index in [0.29, 0.717) is 53.5 Å². The van der Waals surface area contributed by atoms with Gasteiger partial charge in [-0.3, -0.25) is 24.5 Å². The number of fused-ring (bicyclic) bond motifs is 3. The number of nitrogens with zero attached hydrogens (tertiary/aromatic N) is 2. The summed E-state index contributed by atoms with van der Waals surface area (Å²) in [5, 5.41) is 13.4. The van der Waals surface area contributed by atoms with Crippen molar-refractivity contribution >= 4 is 63.9 Å². The lowest BCUT2D eigenvalue weighted by atomic mass is 9.63. The van der Waals surface area contributed by atoms with Crippen LogP contribution in [0.2, 0.25) is 10.0 Å². The Bertz CT molecular complexity index is 2760. The number of piperidine rings is 2. The zero-order valence-electron chi connectivity index (χ0n) is 38.1. The summed E-state index contributed by atoms with van der Waals surface area (Å²) in [4.78, 5) is 56.5. The van der Waals surface area contributed by atoms with Gasteiger partial charge in [-0.25, -0.2) is 4.39 Å². The molecule has 10 rings (SSSR count). The molecule has 14 heteroatoms. The van der Waals surface area contributed by atoms with Crippen molar-refractivity contribution in [3.63, 3.8) is 0 Å². The Labute approximate surface area is 400 Å². The first-order valence-electron chi connectivity index (χ1n) is 23.4. The zero-order valence-corrected chi connectivity index (χ0v) is 39.6. The van der Waals surface area contributed by atoms with E-state index >= 15 is 4.39 Å². The highest BCUT2D eigenvalue weighted by molar-refractivity contribution is 6.31. The number of hydrogen-bond acceptors (Lipinski definition) is 8. The van der Waals surface area contributed by atoms with Crippen molar-refractivity contribution in [2.75, 3.05) is 42.3 Å². The highest BCUT2D eigenvalue weighted by Crippen LogP contribution is 2.57. The summed E-state index contributed by atoms with van der Waals surface area (Å²) in [5.41, 5.74) is 5.66. The summed E-state index contributed by atoms with van der Waals surface area (Å²) in [6.45, 7) is 8.99. The average molecular weight is 946 g/mol. The van der Waals surface area contributed by atoms with Crippen LogP contribution in [0.5, 0.6) is 5.75 Å². The standard InChI is InChI=1S/C53H55Cl2FN6O5/c1-52(2,3)26-44-53(28-57-41-24-31(54)13-15-38(41)53)46(35-9-6-10-39(55)47(35)56)48(59-44)50(65)58-40-16-14-32(25-43(40)67-4)61-21-19-29(20-22-61)11-12-30-23-36(30)33-7-5-8-34-37(33)27-62(51(34)66)42-17-18-45(63)60-49(42)64/h5-10,13-16,24-25,29-30,36,42,44,46,48,57,59H,17-23,26-28H2,1-4H3,(H,58,65)(H,60,63,64)/t30-,36-,42?,44+,46+,48-,53+/m1/s1.